The molecule has 0 amide bonds. The molecular formula is C16H16. The minimum Gasteiger partial charge on any atom is -0.0620 e. The first-order valence-electron chi connectivity index (χ1n) is 5.94. The lowest BCUT2D eigenvalue weighted by Crippen LogP contribution is -2.08. The third-order valence-electron chi connectivity index (χ3n) is 3.57. The van der Waals surface area contributed by atoms with Crippen molar-refractivity contribution in [1.82, 2.24) is 0 Å². The summed E-state index contributed by atoms with van der Waals surface area (Å²) in [5.74, 6) is 0.644. The SMILES string of the molecule is Cc1ccc2c(c1)-c1ccccc1CC2C. The Morgan fingerprint density at radius 3 is 2.69 bits per heavy atom. The summed E-state index contributed by atoms with van der Waals surface area (Å²) in [6.45, 7) is 4.49. The number of aryl methyl sites for hydroxylation is 1. The molecule has 0 N–H and O–H groups in total. The van der Waals surface area contributed by atoms with Crippen molar-refractivity contribution in [1.29, 1.82) is 0 Å². The summed E-state index contributed by atoms with van der Waals surface area (Å²) in [4.78, 5) is 0. The summed E-state index contributed by atoms with van der Waals surface area (Å²) in [5, 5.41) is 0. The van der Waals surface area contributed by atoms with Crippen molar-refractivity contribution < 1.29 is 0 Å². The van der Waals surface area contributed by atoms with Crippen LogP contribution >= 0.6 is 0 Å². The lowest BCUT2D eigenvalue weighted by Gasteiger charge is -2.25. The molecule has 3 rings (SSSR count). The van der Waals surface area contributed by atoms with Crippen LogP contribution < -0.4 is 0 Å². The number of rotatable bonds is 0. The molecule has 2 aromatic carbocycles. The highest BCUT2D eigenvalue weighted by Crippen LogP contribution is 2.39. The van der Waals surface area contributed by atoms with Gasteiger partial charge in [0.25, 0.3) is 0 Å². The Bertz CT molecular complexity index is 537. The van der Waals surface area contributed by atoms with Crippen LogP contribution in [0.25, 0.3) is 11.1 Å². The van der Waals surface area contributed by atoms with E-state index in [4.69, 9.17) is 0 Å². The summed E-state index contributed by atoms with van der Waals surface area (Å²) in [7, 11) is 0. The Labute approximate surface area is 96.9 Å². The van der Waals surface area contributed by atoms with Crippen LogP contribution in [0.4, 0.5) is 0 Å². The molecule has 0 spiro atoms. The quantitative estimate of drug-likeness (QED) is 0.604. The van der Waals surface area contributed by atoms with Crippen molar-refractivity contribution in [2.75, 3.05) is 0 Å². The van der Waals surface area contributed by atoms with Gasteiger partial charge in [-0.2, -0.15) is 0 Å². The third kappa shape index (κ3) is 1.37. The molecule has 1 atom stereocenters. The fourth-order valence-electron chi connectivity index (χ4n) is 2.73. The first kappa shape index (κ1) is 9.65. The van der Waals surface area contributed by atoms with Crippen molar-refractivity contribution in [3.05, 3.63) is 59.2 Å². The van der Waals surface area contributed by atoms with Gasteiger partial charge < -0.3 is 0 Å². The van der Waals surface area contributed by atoms with Crippen LogP contribution in [0, 0.1) is 6.92 Å². The summed E-state index contributed by atoms with van der Waals surface area (Å²) < 4.78 is 0. The molecule has 0 heteroatoms. The van der Waals surface area contributed by atoms with Gasteiger partial charge in [-0.1, -0.05) is 55.0 Å². The van der Waals surface area contributed by atoms with Crippen molar-refractivity contribution in [3.63, 3.8) is 0 Å². The van der Waals surface area contributed by atoms with E-state index in [0.29, 0.717) is 5.92 Å². The first-order chi connectivity index (χ1) is 7.75. The van der Waals surface area contributed by atoms with E-state index in [1.54, 1.807) is 0 Å². The summed E-state index contributed by atoms with van der Waals surface area (Å²) in [6, 6.07) is 15.6. The van der Waals surface area contributed by atoms with E-state index < -0.39 is 0 Å². The molecule has 1 unspecified atom stereocenters. The largest absolute Gasteiger partial charge is 0.0620 e. The highest BCUT2D eigenvalue weighted by molar-refractivity contribution is 5.74. The lowest BCUT2D eigenvalue weighted by atomic mass is 9.79. The van der Waals surface area contributed by atoms with E-state index in [2.05, 4.69) is 56.3 Å². The zero-order valence-electron chi connectivity index (χ0n) is 9.83. The van der Waals surface area contributed by atoms with Crippen LogP contribution in [0.5, 0.6) is 0 Å². The topological polar surface area (TPSA) is 0 Å². The molecule has 1 aliphatic carbocycles. The molecule has 0 aromatic heterocycles. The van der Waals surface area contributed by atoms with Crippen molar-refractivity contribution in [2.24, 2.45) is 0 Å². The predicted molar refractivity (Wildman–Crippen MR) is 68.7 cm³/mol. The average molecular weight is 208 g/mol. The van der Waals surface area contributed by atoms with Crippen LogP contribution in [0.1, 0.15) is 29.5 Å². The maximum Gasteiger partial charge on any atom is -0.0144 e. The van der Waals surface area contributed by atoms with Crippen molar-refractivity contribution >= 4 is 0 Å². The van der Waals surface area contributed by atoms with E-state index in [-0.39, 0.29) is 0 Å². The number of benzene rings is 2. The molecule has 0 bridgehead atoms. The van der Waals surface area contributed by atoms with Gasteiger partial charge in [0.2, 0.25) is 0 Å². The molecule has 0 nitrogen and oxygen atoms in total. The van der Waals surface area contributed by atoms with E-state index in [1.807, 2.05) is 0 Å². The van der Waals surface area contributed by atoms with E-state index in [1.165, 1.54) is 34.2 Å². The number of hydrogen-bond donors (Lipinski definition) is 0. The molecule has 2 aromatic rings. The van der Waals surface area contributed by atoms with Crippen LogP contribution in [0.15, 0.2) is 42.5 Å². The molecule has 16 heavy (non-hydrogen) atoms. The highest BCUT2D eigenvalue weighted by atomic mass is 14.2. The normalized spacial score (nSPS) is 17.8. The molecule has 0 heterocycles. The summed E-state index contributed by atoms with van der Waals surface area (Å²) in [6.07, 6.45) is 1.17. The lowest BCUT2D eigenvalue weighted by molar-refractivity contribution is 0.749. The second-order valence-electron chi connectivity index (χ2n) is 4.85. The van der Waals surface area contributed by atoms with Crippen LogP contribution in [-0.4, -0.2) is 0 Å². The predicted octanol–water partition coefficient (Wildman–Crippen LogP) is 4.32. The zero-order valence-corrected chi connectivity index (χ0v) is 9.83. The van der Waals surface area contributed by atoms with E-state index in [9.17, 15) is 0 Å². The molecule has 0 fully saturated rings. The monoisotopic (exact) mass is 208 g/mol. The van der Waals surface area contributed by atoms with Gasteiger partial charge in [0, 0.05) is 0 Å². The minimum absolute atomic E-state index is 0.644. The van der Waals surface area contributed by atoms with E-state index >= 15 is 0 Å². The number of hydrogen-bond acceptors (Lipinski definition) is 0. The van der Waals surface area contributed by atoms with Crippen molar-refractivity contribution in [2.45, 2.75) is 26.2 Å². The van der Waals surface area contributed by atoms with Gasteiger partial charge in [-0.25, -0.2) is 0 Å². The Morgan fingerprint density at radius 1 is 1.00 bits per heavy atom. The van der Waals surface area contributed by atoms with Crippen molar-refractivity contribution in [3.8, 4) is 11.1 Å². The van der Waals surface area contributed by atoms with Gasteiger partial charge in [0.1, 0.15) is 0 Å². The standard InChI is InChI=1S/C16H16/c1-11-7-8-14-12(2)10-13-5-3-4-6-15(13)16(14)9-11/h3-9,12H,10H2,1-2H3. The third-order valence-corrected chi connectivity index (χ3v) is 3.57. The molecule has 1 aliphatic rings. The van der Waals surface area contributed by atoms with Gasteiger partial charge in [0.05, 0.1) is 0 Å². The second-order valence-corrected chi connectivity index (χ2v) is 4.85. The highest BCUT2D eigenvalue weighted by Gasteiger charge is 2.20. The Kier molecular flexibility index (Phi) is 2.10. The maximum atomic E-state index is 2.32. The molecular weight excluding hydrogens is 192 g/mol. The van der Waals surface area contributed by atoms with Gasteiger partial charge in [-0.15, -0.1) is 0 Å². The zero-order chi connectivity index (χ0) is 11.1. The minimum atomic E-state index is 0.644. The Hall–Kier alpha value is -1.56. The van der Waals surface area contributed by atoms with Gasteiger partial charge in [0.15, 0.2) is 0 Å². The fourth-order valence-corrected chi connectivity index (χ4v) is 2.73. The molecule has 80 valence electrons. The van der Waals surface area contributed by atoms with Crippen LogP contribution in [0.2, 0.25) is 0 Å². The smallest absolute Gasteiger partial charge is 0.0144 e. The van der Waals surface area contributed by atoms with Gasteiger partial charge >= 0.3 is 0 Å². The first-order valence-corrected chi connectivity index (χ1v) is 5.94. The second kappa shape index (κ2) is 3.48. The molecule has 0 saturated carbocycles. The molecule has 0 aliphatic heterocycles. The number of fused-ring (bicyclic) bond motifs is 3. The fraction of sp³-hybridized carbons (Fsp3) is 0.250. The summed E-state index contributed by atoms with van der Waals surface area (Å²) >= 11 is 0. The van der Waals surface area contributed by atoms with Gasteiger partial charge in [-0.05, 0) is 41.5 Å². The average Bonchev–Trinajstić information content (AvgIpc) is 2.29. The van der Waals surface area contributed by atoms with Crippen LogP contribution in [0.3, 0.4) is 0 Å². The summed E-state index contributed by atoms with van der Waals surface area (Å²) in [5.41, 5.74) is 7.22. The molecule has 0 saturated heterocycles. The van der Waals surface area contributed by atoms with Gasteiger partial charge in [-0.3, -0.25) is 0 Å². The Balaban J connectivity index is 2.30. The maximum absolute atomic E-state index is 2.32. The van der Waals surface area contributed by atoms with E-state index in [0.717, 1.165) is 0 Å². The Morgan fingerprint density at radius 2 is 1.81 bits per heavy atom. The molecule has 0 radical (unpaired) electrons. The van der Waals surface area contributed by atoms with Crippen LogP contribution in [-0.2, 0) is 6.42 Å².